The third kappa shape index (κ3) is 5.08. The number of rotatable bonds is 6. The van der Waals surface area contributed by atoms with Gasteiger partial charge in [0.05, 0.1) is 24.2 Å². The van der Waals surface area contributed by atoms with E-state index in [1.165, 1.54) is 0 Å². The smallest absolute Gasteiger partial charge is 0.244 e. The maximum Gasteiger partial charge on any atom is 0.244 e. The lowest BCUT2D eigenvalue weighted by Gasteiger charge is -2.09. The van der Waals surface area contributed by atoms with Gasteiger partial charge in [0.25, 0.3) is 0 Å². The number of anilines is 1. The molecule has 0 saturated carbocycles. The topological polar surface area (TPSA) is 59.4 Å². The third-order valence-electron chi connectivity index (χ3n) is 4.77. The Labute approximate surface area is 186 Å². The summed E-state index contributed by atoms with van der Waals surface area (Å²) < 4.78 is 5.21. The van der Waals surface area contributed by atoms with E-state index in [1.807, 2.05) is 91.9 Å². The summed E-state index contributed by atoms with van der Waals surface area (Å²) in [5.41, 5.74) is 8.33. The van der Waals surface area contributed by atoms with Gasteiger partial charge in [0, 0.05) is 16.1 Å². The quantitative estimate of drug-likeness (QED) is 0.289. The number of methoxy groups -OCH3 is 1. The second-order valence-corrected chi connectivity index (χ2v) is 7.31. The van der Waals surface area contributed by atoms with E-state index in [0.29, 0.717) is 11.0 Å². The predicted molar refractivity (Wildman–Crippen MR) is 127 cm³/mol. The highest BCUT2D eigenvalue weighted by molar-refractivity contribution is 6.30. The summed E-state index contributed by atoms with van der Waals surface area (Å²) in [7, 11) is 1.65. The summed E-state index contributed by atoms with van der Waals surface area (Å²) in [6.45, 7) is 1.93. The van der Waals surface area contributed by atoms with E-state index >= 15 is 0 Å². The normalized spacial score (nSPS) is 11.3. The van der Waals surface area contributed by atoms with Gasteiger partial charge in [-0.1, -0.05) is 54.1 Å². The Morgan fingerprint density at radius 3 is 2.06 bits per heavy atom. The number of nitrogens with one attached hydrogen (secondary N) is 1. The van der Waals surface area contributed by atoms with Crippen LogP contribution in [0.25, 0.3) is 22.5 Å². The molecule has 31 heavy (non-hydrogen) atoms. The standard InChI is InChI=1S/C25H21ClN4O/c1-17(18-10-14-22(31-2)15-11-18)29-30-25-27-23(19-6-4-3-5-7-19)16-24(28-25)20-8-12-21(26)13-9-20/h3-16H,1-2H3,(H,27,28,30). The van der Waals surface area contributed by atoms with Gasteiger partial charge in [-0.05, 0) is 55.0 Å². The van der Waals surface area contributed by atoms with E-state index in [9.17, 15) is 0 Å². The first-order chi connectivity index (χ1) is 15.1. The van der Waals surface area contributed by atoms with Crippen LogP contribution in [-0.2, 0) is 0 Å². The van der Waals surface area contributed by atoms with Crippen LogP contribution in [0.15, 0.2) is 90.0 Å². The van der Waals surface area contributed by atoms with Crippen LogP contribution >= 0.6 is 11.6 Å². The number of benzene rings is 3. The highest BCUT2D eigenvalue weighted by Gasteiger charge is 2.09. The molecule has 6 heteroatoms. The molecule has 154 valence electrons. The van der Waals surface area contributed by atoms with Crippen molar-refractivity contribution in [2.45, 2.75) is 6.92 Å². The molecule has 0 radical (unpaired) electrons. The molecule has 5 nitrogen and oxygen atoms in total. The van der Waals surface area contributed by atoms with E-state index < -0.39 is 0 Å². The lowest BCUT2D eigenvalue weighted by molar-refractivity contribution is 0.415. The van der Waals surface area contributed by atoms with Gasteiger partial charge in [-0.2, -0.15) is 5.10 Å². The minimum atomic E-state index is 0.416. The lowest BCUT2D eigenvalue weighted by atomic mass is 10.1. The molecule has 4 aromatic rings. The van der Waals surface area contributed by atoms with E-state index in [0.717, 1.165) is 39.5 Å². The second kappa shape index (κ2) is 9.41. The number of halogens is 1. The molecular formula is C25H21ClN4O. The molecule has 0 atom stereocenters. The number of ether oxygens (including phenoxy) is 1. The number of hydrogen-bond donors (Lipinski definition) is 1. The maximum atomic E-state index is 6.05. The molecule has 3 aromatic carbocycles. The average Bonchev–Trinajstić information content (AvgIpc) is 2.83. The van der Waals surface area contributed by atoms with Gasteiger partial charge in [0.1, 0.15) is 5.75 Å². The van der Waals surface area contributed by atoms with Crippen molar-refractivity contribution in [3.63, 3.8) is 0 Å². The number of nitrogens with zero attached hydrogens (tertiary/aromatic N) is 3. The maximum absolute atomic E-state index is 6.05. The molecule has 1 aromatic heterocycles. The fraction of sp³-hybridized carbons (Fsp3) is 0.0800. The fourth-order valence-corrected chi connectivity index (χ4v) is 3.18. The number of hydrazone groups is 1. The van der Waals surface area contributed by atoms with Crippen LogP contribution in [0.2, 0.25) is 5.02 Å². The summed E-state index contributed by atoms with van der Waals surface area (Å²) in [4.78, 5) is 9.32. The zero-order chi connectivity index (χ0) is 21.6. The Morgan fingerprint density at radius 1 is 0.839 bits per heavy atom. The van der Waals surface area contributed by atoms with Crippen molar-refractivity contribution in [3.05, 3.63) is 95.5 Å². The van der Waals surface area contributed by atoms with Crippen molar-refractivity contribution in [2.75, 3.05) is 12.5 Å². The van der Waals surface area contributed by atoms with Crippen molar-refractivity contribution in [1.29, 1.82) is 0 Å². The minimum Gasteiger partial charge on any atom is -0.497 e. The molecular weight excluding hydrogens is 408 g/mol. The van der Waals surface area contributed by atoms with Crippen LogP contribution < -0.4 is 10.2 Å². The van der Waals surface area contributed by atoms with Crippen LogP contribution in [0, 0.1) is 0 Å². The molecule has 0 bridgehead atoms. The first kappa shape index (κ1) is 20.6. The summed E-state index contributed by atoms with van der Waals surface area (Å²) in [5.74, 6) is 1.22. The minimum absolute atomic E-state index is 0.416. The molecule has 0 spiro atoms. The van der Waals surface area contributed by atoms with E-state index in [2.05, 4.69) is 20.5 Å². The Bertz CT molecular complexity index is 1190. The second-order valence-electron chi connectivity index (χ2n) is 6.87. The molecule has 0 unspecified atom stereocenters. The zero-order valence-corrected chi connectivity index (χ0v) is 18.0. The van der Waals surface area contributed by atoms with Gasteiger partial charge < -0.3 is 4.74 Å². The molecule has 0 aliphatic carbocycles. The first-order valence-corrected chi connectivity index (χ1v) is 10.2. The largest absolute Gasteiger partial charge is 0.497 e. The molecule has 0 amide bonds. The molecule has 1 heterocycles. The van der Waals surface area contributed by atoms with Crippen LogP contribution in [0.4, 0.5) is 5.95 Å². The SMILES string of the molecule is COc1ccc(C(C)=NNc2nc(-c3ccccc3)cc(-c3ccc(Cl)cc3)n2)cc1. The molecule has 4 rings (SSSR count). The van der Waals surface area contributed by atoms with Gasteiger partial charge in [-0.15, -0.1) is 0 Å². The monoisotopic (exact) mass is 428 g/mol. The molecule has 1 N–H and O–H groups in total. The van der Waals surface area contributed by atoms with Crippen molar-refractivity contribution >= 4 is 23.3 Å². The summed E-state index contributed by atoms with van der Waals surface area (Å²) in [6.07, 6.45) is 0. The Kier molecular flexibility index (Phi) is 6.24. The van der Waals surface area contributed by atoms with Crippen molar-refractivity contribution in [1.82, 2.24) is 9.97 Å². The molecule has 0 aliphatic heterocycles. The Hall–Kier alpha value is -3.70. The fourth-order valence-electron chi connectivity index (χ4n) is 3.05. The number of aromatic nitrogens is 2. The summed E-state index contributed by atoms with van der Waals surface area (Å²) in [6, 6.07) is 27.2. The van der Waals surface area contributed by atoms with Crippen LogP contribution in [0.3, 0.4) is 0 Å². The van der Waals surface area contributed by atoms with E-state index in [4.69, 9.17) is 16.3 Å². The van der Waals surface area contributed by atoms with Gasteiger partial charge in [0.15, 0.2) is 0 Å². The highest BCUT2D eigenvalue weighted by Crippen LogP contribution is 2.26. The average molecular weight is 429 g/mol. The third-order valence-corrected chi connectivity index (χ3v) is 5.02. The van der Waals surface area contributed by atoms with Gasteiger partial charge in [0.2, 0.25) is 5.95 Å². The zero-order valence-electron chi connectivity index (χ0n) is 17.2. The van der Waals surface area contributed by atoms with Crippen molar-refractivity contribution in [3.8, 4) is 28.3 Å². The molecule has 0 aliphatic rings. The Balaban J connectivity index is 1.68. The van der Waals surface area contributed by atoms with Crippen LogP contribution in [0.5, 0.6) is 5.75 Å². The van der Waals surface area contributed by atoms with E-state index in [-0.39, 0.29) is 0 Å². The first-order valence-electron chi connectivity index (χ1n) is 9.77. The van der Waals surface area contributed by atoms with E-state index in [1.54, 1.807) is 7.11 Å². The van der Waals surface area contributed by atoms with Gasteiger partial charge in [-0.25, -0.2) is 15.4 Å². The Morgan fingerprint density at radius 2 is 1.45 bits per heavy atom. The summed E-state index contributed by atoms with van der Waals surface area (Å²) >= 11 is 6.05. The van der Waals surface area contributed by atoms with Gasteiger partial charge >= 0.3 is 0 Å². The van der Waals surface area contributed by atoms with Crippen molar-refractivity contribution in [2.24, 2.45) is 5.10 Å². The predicted octanol–water partition coefficient (Wildman–Crippen LogP) is 6.31. The van der Waals surface area contributed by atoms with Gasteiger partial charge in [-0.3, -0.25) is 0 Å². The van der Waals surface area contributed by atoms with Crippen molar-refractivity contribution < 1.29 is 4.74 Å². The lowest BCUT2D eigenvalue weighted by Crippen LogP contribution is -2.04. The molecule has 0 fully saturated rings. The highest BCUT2D eigenvalue weighted by atomic mass is 35.5. The van der Waals surface area contributed by atoms with Crippen LogP contribution in [-0.4, -0.2) is 22.8 Å². The van der Waals surface area contributed by atoms with Crippen LogP contribution in [0.1, 0.15) is 12.5 Å². The summed E-state index contributed by atoms with van der Waals surface area (Å²) in [5, 5.41) is 5.16. The number of hydrogen-bond acceptors (Lipinski definition) is 5. The molecule has 0 saturated heterocycles.